The van der Waals surface area contributed by atoms with E-state index in [2.05, 4.69) is 5.32 Å². The highest BCUT2D eigenvalue weighted by Gasteiger charge is 2.21. The third-order valence-corrected chi connectivity index (χ3v) is 4.47. The number of esters is 1. The van der Waals surface area contributed by atoms with Gasteiger partial charge in [0.15, 0.2) is 30.5 Å². The Hall–Kier alpha value is -3.55. The van der Waals surface area contributed by atoms with Gasteiger partial charge in [-0.25, -0.2) is 4.79 Å². The third-order valence-electron chi connectivity index (χ3n) is 4.47. The lowest BCUT2D eigenvalue weighted by Crippen LogP contribution is -2.24. The molecule has 1 amide bonds. The predicted molar refractivity (Wildman–Crippen MR) is 108 cm³/mol. The molecule has 0 spiro atoms. The van der Waals surface area contributed by atoms with Gasteiger partial charge in [-0.15, -0.1) is 0 Å². The number of amides is 1. The van der Waals surface area contributed by atoms with Gasteiger partial charge in [0.2, 0.25) is 6.79 Å². The van der Waals surface area contributed by atoms with Crippen molar-refractivity contribution in [1.82, 2.24) is 0 Å². The first-order valence-electron chi connectivity index (χ1n) is 9.35. The number of aryl methyl sites for hydroxylation is 3. The molecule has 0 radical (unpaired) electrons. The lowest BCUT2D eigenvalue weighted by molar-refractivity contribution is -0.149. The summed E-state index contributed by atoms with van der Waals surface area (Å²) in [5.41, 5.74) is 3.46. The topological polar surface area (TPSA) is 100 Å². The molecular weight excluding hydrogens is 390 g/mol. The molecule has 158 valence electrons. The molecule has 0 aromatic heterocycles. The second kappa shape index (κ2) is 8.86. The summed E-state index contributed by atoms with van der Waals surface area (Å²) in [6.07, 6.45) is 0. The number of Topliss-reactive ketones (excluding diaryl/α,β-unsaturated/α-hetero) is 1. The van der Waals surface area contributed by atoms with E-state index < -0.39 is 18.5 Å². The molecule has 0 fully saturated rings. The number of hydrogen-bond donors (Lipinski definition) is 1. The van der Waals surface area contributed by atoms with E-state index in [1.807, 2.05) is 32.9 Å². The fourth-order valence-electron chi connectivity index (χ4n) is 3.24. The van der Waals surface area contributed by atoms with Gasteiger partial charge in [-0.1, -0.05) is 17.7 Å². The van der Waals surface area contributed by atoms with Gasteiger partial charge in [0.05, 0.1) is 5.69 Å². The van der Waals surface area contributed by atoms with Gasteiger partial charge in [-0.05, 0) is 44.9 Å². The highest BCUT2D eigenvalue weighted by Crippen LogP contribution is 2.37. The van der Waals surface area contributed by atoms with Crippen molar-refractivity contribution >= 4 is 23.3 Å². The van der Waals surface area contributed by atoms with Crippen LogP contribution in [-0.4, -0.2) is 37.7 Å². The molecular formula is C22H23NO7. The van der Waals surface area contributed by atoms with Gasteiger partial charge >= 0.3 is 5.97 Å². The molecule has 0 saturated carbocycles. The van der Waals surface area contributed by atoms with Crippen molar-refractivity contribution in [3.8, 4) is 17.2 Å². The van der Waals surface area contributed by atoms with Crippen LogP contribution in [0.15, 0.2) is 24.3 Å². The first-order chi connectivity index (χ1) is 14.2. The third kappa shape index (κ3) is 4.89. The van der Waals surface area contributed by atoms with Crippen LogP contribution >= 0.6 is 0 Å². The van der Waals surface area contributed by atoms with Crippen LogP contribution in [0, 0.1) is 20.8 Å². The molecule has 0 unspecified atom stereocenters. The van der Waals surface area contributed by atoms with Gasteiger partial charge in [0.25, 0.3) is 5.91 Å². The zero-order valence-corrected chi connectivity index (χ0v) is 17.3. The molecule has 8 heteroatoms. The highest BCUT2D eigenvalue weighted by atomic mass is 16.7. The molecule has 1 aliphatic rings. The van der Waals surface area contributed by atoms with Crippen molar-refractivity contribution in [2.75, 3.05) is 25.3 Å². The van der Waals surface area contributed by atoms with E-state index in [9.17, 15) is 14.4 Å². The first kappa shape index (κ1) is 21.2. The largest absolute Gasteiger partial charge is 0.481 e. The summed E-state index contributed by atoms with van der Waals surface area (Å²) in [6.45, 7) is 6.36. The number of fused-ring (bicyclic) bond motifs is 1. The molecule has 0 aliphatic carbocycles. The Bertz CT molecular complexity index is 990. The molecule has 3 rings (SSSR count). The molecule has 2 aromatic rings. The minimum Gasteiger partial charge on any atom is -0.481 e. The summed E-state index contributed by atoms with van der Waals surface area (Å²) in [5, 5.41) is 2.56. The molecule has 8 nitrogen and oxygen atoms in total. The maximum absolute atomic E-state index is 12.2. The molecule has 1 N–H and O–H groups in total. The second-order valence-corrected chi connectivity index (χ2v) is 7.03. The Morgan fingerprint density at radius 1 is 0.967 bits per heavy atom. The maximum Gasteiger partial charge on any atom is 0.344 e. The smallest absolute Gasteiger partial charge is 0.344 e. The Kier molecular flexibility index (Phi) is 6.25. The first-order valence-corrected chi connectivity index (χ1v) is 9.35. The van der Waals surface area contributed by atoms with Crippen LogP contribution in [0.1, 0.15) is 34.0 Å². The maximum atomic E-state index is 12.2. The molecule has 30 heavy (non-hydrogen) atoms. The summed E-state index contributed by atoms with van der Waals surface area (Å²) in [4.78, 5) is 36.0. The number of rotatable bonds is 7. The van der Waals surface area contributed by atoms with Gasteiger partial charge in [-0.3, -0.25) is 9.59 Å². The fraction of sp³-hybridized carbons (Fsp3) is 0.318. The van der Waals surface area contributed by atoms with Crippen LogP contribution in [0.25, 0.3) is 0 Å². The minimum atomic E-state index is -0.679. The Morgan fingerprint density at radius 2 is 1.60 bits per heavy atom. The van der Waals surface area contributed by atoms with Crippen molar-refractivity contribution in [2.45, 2.75) is 27.7 Å². The SMILES string of the molecule is CC(=O)c1cc2c(cc1NC(=O)COC(=O)COc1c(C)cc(C)cc1C)OCO2. The minimum absolute atomic E-state index is 0.0433. The van der Waals surface area contributed by atoms with Gasteiger partial charge < -0.3 is 24.3 Å². The lowest BCUT2D eigenvalue weighted by atomic mass is 10.1. The number of anilines is 1. The quantitative estimate of drug-likeness (QED) is 0.550. The average Bonchev–Trinajstić information content (AvgIpc) is 3.12. The van der Waals surface area contributed by atoms with Crippen LogP contribution in [0.5, 0.6) is 17.2 Å². The van der Waals surface area contributed by atoms with E-state index in [1.165, 1.54) is 19.1 Å². The Labute approximate surface area is 174 Å². The van der Waals surface area contributed by atoms with Crippen molar-refractivity contribution in [2.24, 2.45) is 0 Å². The Morgan fingerprint density at radius 3 is 2.23 bits per heavy atom. The van der Waals surface area contributed by atoms with E-state index in [0.717, 1.165) is 16.7 Å². The number of hydrogen-bond acceptors (Lipinski definition) is 7. The lowest BCUT2D eigenvalue weighted by Gasteiger charge is -2.13. The van der Waals surface area contributed by atoms with Crippen LogP contribution in [0.4, 0.5) is 5.69 Å². The fourth-order valence-corrected chi connectivity index (χ4v) is 3.24. The predicted octanol–water partition coefficient (Wildman–Crippen LogP) is 3.10. The number of ketones is 1. The van der Waals surface area contributed by atoms with Gasteiger partial charge in [-0.2, -0.15) is 0 Å². The summed E-state index contributed by atoms with van der Waals surface area (Å²) >= 11 is 0. The van der Waals surface area contributed by atoms with E-state index >= 15 is 0 Å². The molecule has 1 heterocycles. The van der Waals surface area contributed by atoms with Crippen LogP contribution in [0.2, 0.25) is 0 Å². The van der Waals surface area contributed by atoms with E-state index in [-0.39, 0.29) is 30.4 Å². The average molecular weight is 413 g/mol. The van der Waals surface area contributed by atoms with Crippen LogP contribution in [-0.2, 0) is 14.3 Å². The second-order valence-electron chi connectivity index (χ2n) is 7.03. The van der Waals surface area contributed by atoms with Crippen molar-refractivity contribution in [1.29, 1.82) is 0 Å². The summed E-state index contributed by atoms with van der Waals surface area (Å²) in [5.74, 6) is -0.0475. The number of nitrogens with one attached hydrogen (secondary N) is 1. The zero-order valence-electron chi connectivity index (χ0n) is 17.3. The van der Waals surface area contributed by atoms with Gasteiger partial charge in [0, 0.05) is 11.6 Å². The van der Waals surface area contributed by atoms with Gasteiger partial charge in [0.1, 0.15) is 5.75 Å². The number of carbonyl (C=O) groups excluding carboxylic acids is 3. The number of ether oxygens (including phenoxy) is 4. The number of carbonyl (C=O) groups is 3. The summed E-state index contributed by atoms with van der Waals surface area (Å²) in [6, 6.07) is 6.93. The molecule has 0 bridgehead atoms. The van der Waals surface area contributed by atoms with E-state index in [1.54, 1.807) is 0 Å². The van der Waals surface area contributed by atoms with Crippen LogP contribution < -0.4 is 19.5 Å². The normalized spacial score (nSPS) is 11.7. The summed E-state index contributed by atoms with van der Waals surface area (Å²) in [7, 11) is 0. The van der Waals surface area contributed by atoms with E-state index in [0.29, 0.717) is 17.2 Å². The zero-order chi connectivity index (χ0) is 21.8. The molecule has 2 aromatic carbocycles. The van der Waals surface area contributed by atoms with Crippen molar-refractivity contribution in [3.05, 3.63) is 46.5 Å². The van der Waals surface area contributed by atoms with Crippen LogP contribution in [0.3, 0.4) is 0 Å². The Balaban J connectivity index is 1.55. The molecule has 0 atom stereocenters. The molecule has 0 saturated heterocycles. The summed E-state index contributed by atoms with van der Waals surface area (Å²) < 4.78 is 21.0. The monoisotopic (exact) mass is 413 g/mol. The van der Waals surface area contributed by atoms with Crippen molar-refractivity contribution < 1.29 is 33.3 Å². The highest BCUT2D eigenvalue weighted by molar-refractivity contribution is 6.05. The molecule has 1 aliphatic heterocycles. The number of benzene rings is 2. The standard InChI is InChI=1S/C22H23NO7/c1-12-5-13(2)22(14(3)6-12)28-10-21(26)27-9-20(25)23-17-8-19-18(29-11-30-19)7-16(17)15(4)24/h5-8H,9-11H2,1-4H3,(H,23,25). The van der Waals surface area contributed by atoms with E-state index in [4.69, 9.17) is 18.9 Å². The van der Waals surface area contributed by atoms with Crippen molar-refractivity contribution in [3.63, 3.8) is 0 Å².